The Hall–Kier alpha value is -1.68. The molecule has 1 N–H and O–H groups in total. The highest BCUT2D eigenvalue weighted by Gasteiger charge is 2.22. The van der Waals surface area contributed by atoms with Crippen LogP contribution in [0.25, 0.3) is 10.9 Å². The number of fused-ring (bicyclic) bond motifs is 1. The molecule has 0 aliphatic carbocycles. The highest BCUT2D eigenvalue weighted by atomic mass is 16.3. The number of para-hydroxylation sites is 1. The molecule has 1 aromatic carbocycles. The monoisotopic (exact) mass is 218 g/mol. The Labute approximate surface area is 93.5 Å². The van der Waals surface area contributed by atoms with Gasteiger partial charge in [0, 0.05) is 18.9 Å². The van der Waals surface area contributed by atoms with E-state index in [0.717, 1.165) is 16.6 Å². The lowest BCUT2D eigenvalue weighted by molar-refractivity contribution is -0.122. The Morgan fingerprint density at radius 3 is 2.88 bits per heavy atom. The first-order valence-corrected chi connectivity index (χ1v) is 5.13. The molecule has 0 aliphatic rings. The van der Waals surface area contributed by atoms with Gasteiger partial charge in [0.1, 0.15) is 5.60 Å². The molecular weight excluding hydrogens is 204 g/mol. The van der Waals surface area contributed by atoms with E-state index >= 15 is 0 Å². The Morgan fingerprint density at radius 1 is 1.50 bits per heavy atom. The van der Waals surface area contributed by atoms with Crippen LogP contribution in [0.3, 0.4) is 0 Å². The average Bonchev–Trinajstić information content (AvgIpc) is 2.56. The molecule has 84 valence electrons. The maximum atomic E-state index is 10.7. The molecule has 16 heavy (non-hydrogen) atoms. The molecule has 0 spiro atoms. The normalized spacial score (nSPS) is 14.9. The van der Waals surface area contributed by atoms with E-state index in [1.165, 1.54) is 6.92 Å². The second-order valence-electron chi connectivity index (χ2n) is 4.24. The Morgan fingerprint density at radius 2 is 2.19 bits per heavy atom. The number of hydrogen-bond acceptors (Lipinski definition) is 3. The molecule has 0 bridgehead atoms. The zero-order valence-corrected chi connectivity index (χ0v) is 9.34. The number of aromatic nitrogens is 2. The number of carbonyl (C=O) groups excluding carboxylic acids is 1. The van der Waals surface area contributed by atoms with E-state index in [0.29, 0.717) is 6.29 Å². The van der Waals surface area contributed by atoms with Crippen LogP contribution < -0.4 is 0 Å². The zero-order valence-electron chi connectivity index (χ0n) is 9.34. The number of aryl methyl sites for hydroxylation is 1. The first-order valence-electron chi connectivity index (χ1n) is 5.13. The number of nitrogens with zero attached hydrogens (tertiary/aromatic N) is 2. The first kappa shape index (κ1) is 10.8. The van der Waals surface area contributed by atoms with Crippen LogP contribution in [0.2, 0.25) is 0 Å². The third kappa shape index (κ3) is 1.84. The second-order valence-corrected chi connectivity index (χ2v) is 4.24. The number of aldehydes is 1. The summed E-state index contributed by atoms with van der Waals surface area (Å²) >= 11 is 0. The van der Waals surface area contributed by atoms with Crippen molar-refractivity contribution in [3.8, 4) is 0 Å². The molecule has 0 saturated carbocycles. The van der Waals surface area contributed by atoms with Crippen LogP contribution in [0.5, 0.6) is 0 Å². The fraction of sp³-hybridized carbons (Fsp3) is 0.333. The molecule has 0 radical (unpaired) electrons. The van der Waals surface area contributed by atoms with E-state index in [4.69, 9.17) is 0 Å². The van der Waals surface area contributed by atoms with Gasteiger partial charge in [-0.1, -0.05) is 18.2 Å². The summed E-state index contributed by atoms with van der Waals surface area (Å²) in [5.41, 5.74) is 0.395. The molecule has 4 heteroatoms. The molecule has 0 amide bonds. The highest BCUT2D eigenvalue weighted by molar-refractivity contribution is 5.82. The first-order chi connectivity index (χ1) is 7.53. The third-order valence-electron chi connectivity index (χ3n) is 2.61. The molecule has 2 aromatic rings. The van der Waals surface area contributed by atoms with Crippen molar-refractivity contribution in [2.24, 2.45) is 7.05 Å². The van der Waals surface area contributed by atoms with Crippen molar-refractivity contribution in [3.63, 3.8) is 0 Å². The predicted octanol–water partition coefficient (Wildman–Crippen LogP) is 1.07. The topological polar surface area (TPSA) is 55.1 Å². The minimum Gasteiger partial charge on any atom is -0.382 e. The van der Waals surface area contributed by atoms with Gasteiger partial charge in [-0.3, -0.25) is 4.68 Å². The molecule has 0 aliphatic heterocycles. The molecule has 1 aromatic heterocycles. The lowest BCUT2D eigenvalue weighted by Gasteiger charge is -2.13. The zero-order chi connectivity index (χ0) is 11.8. The summed E-state index contributed by atoms with van der Waals surface area (Å²) in [5.74, 6) is 0. The van der Waals surface area contributed by atoms with Gasteiger partial charge in [-0.2, -0.15) is 5.10 Å². The quantitative estimate of drug-likeness (QED) is 0.784. The summed E-state index contributed by atoms with van der Waals surface area (Å²) in [5, 5.41) is 15.0. The summed E-state index contributed by atoms with van der Waals surface area (Å²) in [6, 6.07) is 7.76. The van der Waals surface area contributed by atoms with Crippen LogP contribution in [0.15, 0.2) is 24.3 Å². The van der Waals surface area contributed by atoms with Crippen LogP contribution in [0.4, 0.5) is 0 Å². The van der Waals surface area contributed by atoms with Crippen LogP contribution in [0.1, 0.15) is 12.6 Å². The molecule has 1 heterocycles. The van der Waals surface area contributed by atoms with Crippen LogP contribution in [0, 0.1) is 0 Å². The molecule has 1 unspecified atom stereocenters. The summed E-state index contributed by atoms with van der Waals surface area (Å²) in [6.07, 6.45) is 0.786. The highest BCUT2D eigenvalue weighted by Crippen LogP contribution is 2.20. The van der Waals surface area contributed by atoms with E-state index in [1.54, 1.807) is 4.68 Å². The second kappa shape index (κ2) is 3.72. The average molecular weight is 218 g/mol. The van der Waals surface area contributed by atoms with Crippen LogP contribution in [-0.2, 0) is 18.3 Å². The van der Waals surface area contributed by atoms with E-state index < -0.39 is 5.60 Å². The van der Waals surface area contributed by atoms with Crippen molar-refractivity contribution < 1.29 is 9.90 Å². The molecule has 2 rings (SSSR count). The number of rotatable bonds is 3. The number of carbonyl (C=O) groups is 1. The SMILES string of the molecule is Cn1nc(CC(C)(O)C=O)c2ccccc21. The Kier molecular flexibility index (Phi) is 2.52. The summed E-state index contributed by atoms with van der Waals surface area (Å²) in [6.45, 7) is 1.49. The molecule has 4 nitrogen and oxygen atoms in total. The van der Waals surface area contributed by atoms with Gasteiger partial charge >= 0.3 is 0 Å². The minimum absolute atomic E-state index is 0.234. The van der Waals surface area contributed by atoms with Gasteiger partial charge in [-0.25, -0.2) is 0 Å². The largest absolute Gasteiger partial charge is 0.382 e. The van der Waals surface area contributed by atoms with Gasteiger partial charge in [-0.15, -0.1) is 0 Å². The van der Waals surface area contributed by atoms with Gasteiger partial charge in [0.25, 0.3) is 0 Å². The summed E-state index contributed by atoms with van der Waals surface area (Å²) in [4.78, 5) is 10.7. The lowest BCUT2D eigenvalue weighted by atomic mass is 10.0. The van der Waals surface area contributed by atoms with Crippen LogP contribution in [-0.4, -0.2) is 26.8 Å². The van der Waals surface area contributed by atoms with Crippen molar-refractivity contribution in [3.05, 3.63) is 30.0 Å². The van der Waals surface area contributed by atoms with Crippen molar-refractivity contribution >= 4 is 17.2 Å². The van der Waals surface area contributed by atoms with Gasteiger partial charge < -0.3 is 9.90 Å². The number of hydrogen-bond donors (Lipinski definition) is 1. The van der Waals surface area contributed by atoms with Crippen molar-refractivity contribution in [2.45, 2.75) is 18.9 Å². The minimum atomic E-state index is -1.35. The number of aliphatic hydroxyl groups is 1. The Balaban J connectivity index is 2.50. The van der Waals surface area contributed by atoms with Crippen LogP contribution >= 0.6 is 0 Å². The molecule has 1 atom stereocenters. The fourth-order valence-electron chi connectivity index (χ4n) is 1.80. The fourth-order valence-corrected chi connectivity index (χ4v) is 1.80. The van der Waals surface area contributed by atoms with Crippen molar-refractivity contribution in [1.29, 1.82) is 0 Å². The number of benzene rings is 1. The summed E-state index contributed by atoms with van der Waals surface area (Å²) in [7, 11) is 1.85. The molecular formula is C12H14N2O2. The lowest BCUT2D eigenvalue weighted by Crippen LogP contribution is -2.29. The summed E-state index contributed by atoms with van der Waals surface area (Å²) < 4.78 is 1.76. The van der Waals surface area contributed by atoms with E-state index in [-0.39, 0.29) is 6.42 Å². The van der Waals surface area contributed by atoms with Crippen molar-refractivity contribution in [2.75, 3.05) is 0 Å². The van der Waals surface area contributed by atoms with Crippen molar-refractivity contribution in [1.82, 2.24) is 9.78 Å². The maximum absolute atomic E-state index is 10.7. The third-order valence-corrected chi connectivity index (χ3v) is 2.61. The smallest absolute Gasteiger partial charge is 0.151 e. The van der Waals surface area contributed by atoms with E-state index in [2.05, 4.69) is 5.10 Å². The van der Waals surface area contributed by atoms with Gasteiger partial charge in [0.05, 0.1) is 11.2 Å². The maximum Gasteiger partial charge on any atom is 0.151 e. The molecule has 0 fully saturated rings. The Bertz CT molecular complexity index is 529. The van der Waals surface area contributed by atoms with Gasteiger partial charge in [-0.05, 0) is 13.0 Å². The predicted molar refractivity (Wildman–Crippen MR) is 61.1 cm³/mol. The van der Waals surface area contributed by atoms with Gasteiger partial charge in [0.2, 0.25) is 0 Å². The van der Waals surface area contributed by atoms with E-state index in [9.17, 15) is 9.90 Å². The van der Waals surface area contributed by atoms with E-state index in [1.807, 2.05) is 31.3 Å². The van der Waals surface area contributed by atoms with Gasteiger partial charge in [0.15, 0.2) is 6.29 Å². The standard InChI is InChI=1S/C12H14N2O2/c1-12(16,8-15)7-10-9-5-3-4-6-11(9)14(2)13-10/h3-6,8,16H,7H2,1-2H3. The molecule has 0 saturated heterocycles.